The fourth-order valence-electron chi connectivity index (χ4n) is 2.47. The maximum Gasteiger partial charge on any atom is 0.115 e. The summed E-state index contributed by atoms with van der Waals surface area (Å²) in [6.07, 6.45) is 4.04. The molecule has 0 bridgehead atoms. The number of hydrogen-bond donors (Lipinski definition) is 2. The summed E-state index contributed by atoms with van der Waals surface area (Å²) in [6.45, 7) is 5.11. The van der Waals surface area contributed by atoms with Crippen LogP contribution < -0.4 is 5.32 Å². The van der Waals surface area contributed by atoms with E-state index in [0.29, 0.717) is 11.8 Å². The van der Waals surface area contributed by atoms with Crippen LogP contribution in [0.3, 0.4) is 0 Å². The van der Waals surface area contributed by atoms with Gasteiger partial charge in [0, 0.05) is 31.4 Å². The van der Waals surface area contributed by atoms with E-state index in [1.165, 1.54) is 11.1 Å². The Morgan fingerprint density at radius 1 is 1.25 bits per heavy atom. The van der Waals surface area contributed by atoms with Gasteiger partial charge in [-0.2, -0.15) is 5.10 Å². The Morgan fingerprint density at radius 3 is 2.55 bits per heavy atom. The number of nitrogens with zero attached hydrogens (tertiary/aromatic N) is 2. The van der Waals surface area contributed by atoms with Gasteiger partial charge in [-0.1, -0.05) is 26.0 Å². The van der Waals surface area contributed by atoms with Crippen molar-refractivity contribution in [3.05, 3.63) is 47.3 Å². The molecular weight excluding hydrogens is 250 g/mol. The molecule has 1 aromatic carbocycles. The van der Waals surface area contributed by atoms with E-state index in [-0.39, 0.29) is 0 Å². The first kappa shape index (κ1) is 14.6. The molecule has 1 atom stereocenters. The van der Waals surface area contributed by atoms with Gasteiger partial charge in [0.2, 0.25) is 0 Å². The van der Waals surface area contributed by atoms with Crippen LogP contribution in [0.1, 0.15) is 43.1 Å². The number of nitrogens with one attached hydrogen (secondary N) is 1. The molecule has 2 rings (SSSR count). The van der Waals surface area contributed by atoms with E-state index in [0.717, 1.165) is 25.1 Å². The number of benzene rings is 1. The predicted molar refractivity (Wildman–Crippen MR) is 80.6 cm³/mol. The molecule has 0 radical (unpaired) electrons. The van der Waals surface area contributed by atoms with Gasteiger partial charge >= 0.3 is 0 Å². The highest BCUT2D eigenvalue weighted by Crippen LogP contribution is 2.20. The Morgan fingerprint density at radius 2 is 1.95 bits per heavy atom. The number of hydrogen-bond acceptors (Lipinski definition) is 3. The second-order valence-corrected chi connectivity index (χ2v) is 5.06. The quantitative estimate of drug-likeness (QED) is 0.851. The van der Waals surface area contributed by atoms with Crippen molar-refractivity contribution in [1.29, 1.82) is 0 Å². The lowest BCUT2D eigenvalue weighted by Gasteiger charge is -2.17. The molecule has 108 valence electrons. The third-order valence-electron chi connectivity index (χ3n) is 3.57. The zero-order chi connectivity index (χ0) is 14.5. The summed E-state index contributed by atoms with van der Waals surface area (Å²) in [5, 5.41) is 17.4. The van der Waals surface area contributed by atoms with Crippen LogP contribution in [0.25, 0.3) is 0 Å². The van der Waals surface area contributed by atoms with Crippen LogP contribution in [0.5, 0.6) is 5.75 Å². The maximum absolute atomic E-state index is 9.36. The van der Waals surface area contributed by atoms with E-state index in [2.05, 4.69) is 30.5 Å². The number of aryl methyl sites for hydroxylation is 2. The zero-order valence-corrected chi connectivity index (χ0v) is 12.4. The second kappa shape index (κ2) is 6.57. The van der Waals surface area contributed by atoms with Gasteiger partial charge in [-0.15, -0.1) is 0 Å². The molecule has 0 saturated carbocycles. The van der Waals surface area contributed by atoms with Crippen LogP contribution >= 0.6 is 0 Å². The Kier molecular flexibility index (Phi) is 4.79. The Labute approximate surface area is 120 Å². The molecule has 2 aromatic rings. The number of aromatic hydroxyl groups is 1. The molecule has 0 aliphatic heterocycles. The summed E-state index contributed by atoms with van der Waals surface area (Å²) >= 11 is 0. The summed E-state index contributed by atoms with van der Waals surface area (Å²) in [6, 6.07) is 7.71. The number of rotatable bonds is 6. The van der Waals surface area contributed by atoms with Crippen molar-refractivity contribution < 1.29 is 5.11 Å². The highest BCUT2D eigenvalue weighted by molar-refractivity contribution is 5.28. The van der Waals surface area contributed by atoms with Gasteiger partial charge in [0.25, 0.3) is 0 Å². The van der Waals surface area contributed by atoms with Gasteiger partial charge < -0.3 is 10.4 Å². The minimum absolute atomic E-state index is 0.292. The van der Waals surface area contributed by atoms with Gasteiger partial charge in [0.15, 0.2) is 0 Å². The van der Waals surface area contributed by atoms with Gasteiger partial charge in [0.1, 0.15) is 5.75 Å². The highest BCUT2D eigenvalue weighted by Gasteiger charge is 2.11. The molecule has 0 aliphatic rings. The maximum atomic E-state index is 9.36. The summed E-state index contributed by atoms with van der Waals surface area (Å²) in [5.41, 5.74) is 3.61. The van der Waals surface area contributed by atoms with E-state index < -0.39 is 0 Å². The van der Waals surface area contributed by atoms with Gasteiger partial charge in [0.05, 0.1) is 5.69 Å². The first-order valence-electron chi connectivity index (χ1n) is 7.17. The molecule has 20 heavy (non-hydrogen) atoms. The van der Waals surface area contributed by atoms with Crippen LogP contribution in [0.4, 0.5) is 0 Å². The first-order valence-corrected chi connectivity index (χ1v) is 7.17. The third kappa shape index (κ3) is 3.39. The van der Waals surface area contributed by atoms with Crippen molar-refractivity contribution >= 4 is 0 Å². The topological polar surface area (TPSA) is 50.1 Å². The Bertz CT molecular complexity index is 545. The Balaban J connectivity index is 2.05. The summed E-state index contributed by atoms with van der Waals surface area (Å²) < 4.78 is 1.87. The number of aromatic nitrogens is 2. The minimum Gasteiger partial charge on any atom is -0.508 e. The lowest BCUT2D eigenvalue weighted by atomic mass is 10.0. The minimum atomic E-state index is 0.292. The van der Waals surface area contributed by atoms with E-state index in [1.807, 2.05) is 23.9 Å². The van der Waals surface area contributed by atoms with Gasteiger partial charge in [-0.05, 0) is 30.5 Å². The van der Waals surface area contributed by atoms with E-state index in [4.69, 9.17) is 0 Å². The fraction of sp³-hybridized carbons (Fsp3) is 0.438. The third-order valence-corrected chi connectivity index (χ3v) is 3.57. The molecule has 0 spiro atoms. The van der Waals surface area contributed by atoms with Crippen molar-refractivity contribution in [2.45, 2.75) is 39.3 Å². The predicted octanol–water partition coefficient (Wildman–Crippen LogP) is 2.93. The summed E-state index contributed by atoms with van der Waals surface area (Å²) in [7, 11) is 1.96. The summed E-state index contributed by atoms with van der Waals surface area (Å²) in [5.74, 6) is 0.309. The average Bonchev–Trinajstić information content (AvgIpc) is 2.81. The van der Waals surface area contributed by atoms with Crippen molar-refractivity contribution in [1.82, 2.24) is 15.1 Å². The lowest BCUT2D eigenvalue weighted by Crippen LogP contribution is -2.20. The zero-order valence-electron chi connectivity index (χ0n) is 12.4. The van der Waals surface area contributed by atoms with Crippen molar-refractivity contribution in [3.8, 4) is 5.75 Å². The van der Waals surface area contributed by atoms with Crippen molar-refractivity contribution in [2.24, 2.45) is 7.05 Å². The molecule has 0 saturated heterocycles. The second-order valence-electron chi connectivity index (χ2n) is 5.06. The molecule has 4 heteroatoms. The fourth-order valence-corrected chi connectivity index (χ4v) is 2.47. The SMILES string of the molecule is CCc1nn(C)cc1CNC(CC)c1ccc(O)cc1. The van der Waals surface area contributed by atoms with Gasteiger partial charge in [-0.3, -0.25) is 4.68 Å². The van der Waals surface area contributed by atoms with Crippen molar-refractivity contribution in [3.63, 3.8) is 0 Å². The molecule has 1 aromatic heterocycles. The molecule has 4 nitrogen and oxygen atoms in total. The van der Waals surface area contributed by atoms with Crippen molar-refractivity contribution in [2.75, 3.05) is 0 Å². The molecule has 0 fully saturated rings. The first-order chi connectivity index (χ1) is 9.63. The smallest absolute Gasteiger partial charge is 0.115 e. The monoisotopic (exact) mass is 273 g/mol. The average molecular weight is 273 g/mol. The summed E-state index contributed by atoms with van der Waals surface area (Å²) in [4.78, 5) is 0. The van der Waals surface area contributed by atoms with E-state index >= 15 is 0 Å². The molecule has 0 amide bonds. The molecule has 1 heterocycles. The largest absolute Gasteiger partial charge is 0.508 e. The van der Waals surface area contributed by atoms with Crippen LogP contribution in [0, 0.1) is 0 Å². The van der Waals surface area contributed by atoms with Crippen LogP contribution in [-0.4, -0.2) is 14.9 Å². The van der Waals surface area contributed by atoms with E-state index in [1.54, 1.807) is 12.1 Å². The number of phenols is 1. The van der Waals surface area contributed by atoms with Crippen LogP contribution in [0.15, 0.2) is 30.5 Å². The molecule has 0 aliphatic carbocycles. The normalized spacial score (nSPS) is 12.6. The molecular formula is C16H23N3O. The Hall–Kier alpha value is -1.81. The standard InChI is InChI=1S/C16H23N3O/c1-4-15(12-6-8-14(20)9-7-12)17-10-13-11-19(3)18-16(13)5-2/h6-9,11,15,17,20H,4-5,10H2,1-3H3. The highest BCUT2D eigenvalue weighted by atomic mass is 16.3. The van der Waals surface area contributed by atoms with Gasteiger partial charge in [-0.25, -0.2) is 0 Å². The molecule has 2 N–H and O–H groups in total. The number of phenolic OH excluding ortho intramolecular Hbond substituents is 1. The van der Waals surface area contributed by atoms with Crippen LogP contribution in [-0.2, 0) is 20.0 Å². The lowest BCUT2D eigenvalue weighted by molar-refractivity contribution is 0.473. The van der Waals surface area contributed by atoms with Crippen LogP contribution in [0.2, 0.25) is 0 Å². The van der Waals surface area contributed by atoms with E-state index in [9.17, 15) is 5.11 Å². The molecule has 1 unspecified atom stereocenters.